The Bertz CT molecular complexity index is 747. The van der Waals surface area contributed by atoms with E-state index in [1.54, 1.807) is 0 Å². The SMILES string of the molecule is CCc1ccc([C@@H](Nc2ccc3nnnn3n2)C(C)C)cc1. The third-order valence-electron chi connectivity index (χ3n) is 3.79. The van der Waals surface area contributed by atoms with Crippen molar-refractivity contribution in [3.63, 3.8) is 0 Å². The molecule has 2 heterocycles. The smallest absolute Gasteiger partial charge is 0.200 e. The molecule has 1 atom stereocenters. The molecule has 0 aliphatic heterocycles. The number of anilines is 1. The van der Waals surface area contributed by atoms with Crippen molar-refractivity contribution in [2.75, 3.05) is 5.32 Å². The van der Waals surface area contributed by atoms with Gasteiger partial charge in [0.1, 0.15) is 5.82 Å². The van der Waals surface area contributed by atoms with E-state index in [1.165, 1.54) is 15.8 Å². The summed E-state index contributed by atoms with van der Waals surface area (Å²) in [7, 11) is 0. The van der Waals surface area contributed by atoms with E-state index in [4.69, 9.17) is 0 Å². The van der Waals surface area contributed by atoms with Crippen LogP contribution < -0.4 is 5.32 Å². The predicted molar refractivity (Wildman–Crippen MR) is 85.6 cm³/mol. The zero-order valence-corrected chi connectivity index (χ0v) is 13.1. The molecule has 0 saturated heterocycles. The molecule has 6 heteroatoms. The highest BCUT2D eigenvalue weighted by atomic mass is 15.6. The van der Waals surface area contributed by atoms with Crippen LogP contribution in [0.4, 0.5) is 5.82 Å². The maximum Gasteiger partial charge on any atom is 0.200 e. The normalized spacial score (nSPS) is 12.7. The lowest BCUT2D eigenvalue weighted by Crippen LogP contribution is -2.18. The predicted octanol–water partition coefficient (Wildman–Crippen LogP) is 2.89. The molecule has 0 spiro atoms. The number of nitrogens with zero attached hydrogens (tertiary/aromatic N) is 5. The summed E-state index contributed by atoms with van der Waals surface area (Å²) < 4.78 is 1.43. The van der Waals surface area contributed by atoms with Gasteiger partial charge in [0.25, 0.3) is 0 Å². The standard InChI is InChI=1S/C16H20N6/c1-4-12-5-7-13(8-6-12)16(11(2)3)17-14-9-10-15-18-20-21-22(15)19-14/h5-11,16H,4H2,1-3H3,(H,17,19)/t16-/m0/s1. The molecule has 0 radical (unpaired) electrons. The van der Waals surface area contributed by atoms with Crippen LogP contribution >= 0.6 is 0 Å². The van der Waals surface area contributed by atoms with Crippen molar-refractivity contribution in [3.8, 4) is 0 Å². The quantitative estimate of drug-likeness (QED) is 0.784. The number of nitrogens with one attached hydrogen (secondary N) is 1. The molecule has 2 aromatic heterocycles. The van der Waals surface area contributed by atoms with Gasteiger partial charge in [-0.1, -0.05) is 45.0 Å². The number of tetrazole rings is 1. The zero-order chi connectivity index (χ0) is 15.5. The fourth-order valence-electron chi connectivity index (χ4n) is 2.48. The molecule has 3 rings (SSSR count). The molecule has 0 aliphatic rings. The third-order valence-corrected chi connectivity index (χ3v) is 3.79. The van der Waals surface area contributed by atoms with Crippen LogP contribution in [0.5, 0.6) is 0 Å². The summed E-state index contributed by atoms with van der Waals surface area (Å²) >= 11 is 0. The molecular weight excluding hydrogens is 276 g/mol. The van der Waals surface area contributed by atoms with Crippen LogP contribution in [0.1, 0.15) is 37.9 Å². The molecule has 6 nitrogen and oxygen atoms in total. The van der Waals surface area contributed by atoms with Gasteiger partial charge in [-0.15, -0.1) is 14.8 Å². The van der Waals surface area contributed by atoms with Crippen molar-refractivity contribution < 1.29 is 0 Å². The summed E-state index contributed by atoms with van der Waals surface area (Å²) in [5.41, 5.74) is 3.24. The highest BCUT2D eigenvalue weighted by Gasteiger charge is 2.16. The lowest BCUT2D eigenvalue weighted by atomic mass is 9.95. The van der Waals surface area contributed by atoms with Gasteiger partial charge in [0.15, 0.2) is 5.65 Å². The van der Waals surface area contributed by atoms with Gasteiger partial charge in [-0.25, -0.2) is 0 Å². The largest absolute Gasteiger partial charge is 0.362 e. The molecule has 3 aromatic rings. The second-order valence-electron chi connectivity index (χ2n) is 5.71. The number of hydrogen-bond acceptors (Lipinski definition) is 5. The molecule has 1 N–H and O–H groups in total. The van der Waals surface area contributed by atoms with E-state index >= 15 is 0 Å². The van der Waals surface area contributed by atoms with Gasteiger partial charge in [0.05, 0.1) is 6.04 Å². The van der Waals surface area contributed by atoms with E-state index in [0.717, 1.165) is 12.2 Å². The zero-order valence-electron chi connectivity index (χ0n) is 13.1. The Balaban J connectivity index is 1.86. The summed E-state index contributed by atoms with van der Waals surface area (Å²) in [6.07, 6.45) is 1.05. The topological polar surface area (TPSA) is 68.0 Å². The lowest BCUT2D eigenvalue weighted by molar-refractivity contribution is 0.542. The minimum atomic E-state index is 0.187. The Hall–Kier alpha value is -2.50. The molecule has 0 saturated carbocycles. The average Bonchev–Trinajstić information content (AvgIpc) is 3.00. The van der Waals surface area contributed by atoms with E-state index in [-0.39, 0.29) is 6.04 Å². The van der Waals surface area contributed by atoms with Gasteiger partial charge >= 0.3 is 0 Å². The Morgan fingerprint density at radius 1 is 1.09 bits per heavy atom. The van der Waals surface area contributed by atoms with E-state index < -0.39 is 0 Å². The summed E-state index contributed by atoms with van der Waals surface area (Å²) in [5, 5.41) is 19.2. The summed E-state index contributed by atoms with van der Waals surface area (Å²) in [6, 6.07) is 12.7. The van der Waals surface area contributed by atoms with Crippen molar-refractivity contribution in [3.05, 3.63) is 47.5 Å². The monoisotopic (exact) mass is 296 g/mol. The van der Waals surface area contributed by atoms with Crippen molar-refractivity contribution in [1.82, 2.24) is 25.3 Å². The number of rotatable bonds is 5. The third kappa shape index (κ3) is 2.90. The van der Waals surface area contributed by atoms with Gasteiger partial charge in [-0.05, 0) is 46.0 Å². The average molecular weight is 296 g/mol. The first-order valence-corrected chi connectivity index (χ1v) is 7.58. The fourth-order valence-corrected chi connectivity index (χ4v) is 2.48. The molecule has 0 fully saturated rings. The Morgan fingerprint density at radius 3 is 2.55 bits per heavy atom. The van der Waals surface area contributed by atoms with E-state index in [0.29, 0.717) is 11.6 Å². The molecule has 0 bridgehead atoms. The summed E-state index contributed by atoms with van der Waals surface area (Å²) in [6.45, 7) is 6.56. The molecule has 22 heavy (non-hydrogen) atoms. The van der Waals surface area contributed by atoms with Crippen LogP contribution in [0.3, 0.4) is 0 Å². The number of hydrogen-bond donors (Lipinski definition) is 1. The molecule has 114 valence electrons. The van der Waals surface area contributed by atoms with Gasteiger partial charge < -0.3 is 5.32 Å². The Labute approximate surface area is 129 Å². The first kappa shape index (κ1) is 14.4. The van der Waals surface area contributed by atoms with Crippen molar-refractivity contribution in [1.29, 1.82) is 0 Å². The van der Waals surface area contributed by atoms with E-state index in [2.05, 4.69) is 71.0 Å². The van der Waals surface area contributed by atoms with Crippen LogP contribution in [-0.2, 0) is 6.42 Å². The summed E-state index contributed by atoms with van der Waals surface area (Å²) in [4.78, 5) is 0. The highest BCUT2D eigenvalue weighted by molar-refractivity contribution is 5.44. The molecule has 0 amide bonds. The second kappa shape index (κ2) is 6.09. The van der Waals surface area contributed by atoms with Crippen LogP contribution in [0.2, 0.25) is 0 Å². The minimum absolute atomic E-state index is 0.187. The maximum atomic E-state index is 4.39. The Kier molecular flexibility index (Phi) is 4.00. The van der Waals surface area contributed by atoms with E-state index in [1.807, 2.05) is 12.1 Å². The maximum absolute atomic E-state index is 4.39. The number of aromatic nitrogens is 5. The van der Waals surface area contributed by atoms with E-state index in [9.17, 15) is 0 Å². The van der Waals surface area contributed by atoms with Crippen LogP contribution in [0.15, 0.2) is 36.4 Å². The lowest BCUT2D eigenvalue weighted by Gasteiger charge is -2.23. The van der Waals surface area contributed by atoms with Gasteiger partial charge in [0.2, 0.25) is 0 Å². The summed E-state index contributed by atoms with van der Waals surface area (Å²) in [5.74, 6) is 1.19. The number of aryl methyl sites for hydroxylation is 1. The highest BCUT2D eigenvalue weighted by Crippen LogP contribution is 2.26. The molecule has 1 aromatic carbocycles. The first-order chi connectivity index (χ1) is 10.7. The second-order valence-corrected chi connectivity index (χ2v) is 5.71. The van der Waals surface area contributed by atoms with Gasteiger partial charge in [-0.3, -0.25) is 0 Å². The van der Waals surface area contributed by atoms with Crippen molar-refractivity contribution in [2.24, 2.45) is 5.92 Å². The number of benzene rings is 1. The van der Waals surface area contributed by atoms with Crippen LogP contribution in [-0.4, -0.2) is 25.3 Å². The fraction of sp³-hybridized carbons (Fsp3) is 0.375. The molecular formula is C16H20N6. The van der Waals surface area contributed by atoms with Gasteiger partial charge in [0, 0.05) is 0 Å². The molecule has 0 unspecified atom stereocenters. The van der Waals surface area contributed by atoms with Crippen LogP contribution in [0.25, 0.3) is 5.65 Å². The minimum Gasteiger partial charge on any atom is -0.362 e. The first-order valence-electron chi connectivity index (χ1n) is 7.58. The Morgan fingerprint density at radius 2 is 1.86 bits per heavy atom. The van der Waals surface area contributed by atoms with Crippen LogP contribution in [0, 0.1) is 5.92 Å². The van der Waals surface area contributed by atoms with Gasteiger partial charge in [-0.2, -0.15) is 0 Å². The van der Waals surface area contributed by atoms with Crippen molar-refractivity contribution in [2.45, 2.75) is 33.2 Å². The number of fused-ring (bicyclic) bond motifs is 1. The van der Waals surface area contributed by atoms with Crippen molar-refractivity contribution >= 4 is 11.5 Å². The molecule has 0 aliphatic carbocycles.